The lowest BCUT2D eigenvalue weighted by atomic mass is 9.84. The van der Waals surface area contributed by atoms with Gasteiger partial charge in [-0.05, 0) is 50.0 Å². The number of nitrogens with one attached hydrogen (secondary N) is 1. The summed E-state index contributed by atoms with van der Waals surface area (Å²) < 4.78 is 0. The molecule has 0 radical (unpaired) electrons. The summed E-state index contributed by atoms with van der Waals surface area (Å²) in [6.07, 6.45) is 8.29. The largest absolute Gasteiger partial charge is 0.313 e. The van der Waals surface area contributed by atoms with Crippen LogP contribution in [0.5, 0.6) is 0 Å². The van der Waals surface area contributed by atoms with Crippen molar-refractivity contribution in [2.24, 2.45) is 11.3 Å². The molecule has 1 aliphatic heterocycles. The summed E-state index contributed by atoms with van der Waals surface area (Å²) in [7, 11) is 0. The summed E-state index contributed by atoms with van der Waals surface area (Å²) in [6, 6.07) is 1.67. The Hall–Kier alpha value is -0.0800. The van der Waals surface area contributed by atoms with Crippen LogP contribution in [-0.4, -0.2) is 36.6 Å². The third kappa shape index (κ3) is 4.46. The van der Waals surface area contributed by atoms with Crippen molar-refractivity contribution in [1.82, 2.24) is 10.2 Å². The Kier molecular flexibility index (Phi) is 5.30. The Morgan fingerprint density at radius 1 is 1.26 bits per heavy atom. The van der Waals surface area contributed by atoms with Gasteiger partial charge in [-0.2, -0.15) is 0 Å². The van der Waals surface area contributed by atoms with Crippen LogP contribution < -0.4 is 5.32 Å². The van der Waals surface area contributed by atoms with Crippen LogP contribution in [0.15, 0.2) is 0 Å². The van der Waals surface area contributed by atoms with E-state index in [0.29, 0.717) is 5.41 Å². The van der Waals surface area contributed by atoms with Crippen molar-refractivity contribution in [1.29, 1.82) is 0 Å². The van der Waals surface area contributed by atoms with Crippen LogP contribution in [0.4, 0.5) is 0 Å². The molecular weight excluding hydrogens is 232 g/mol. The number of nitrogens with zero attached hydrogens (tertiary/aromatic N) is 1. The Morgan fingerprint density at radius 3 is 2.58 bits per heavy atom. The normalized spacial score (nSPS) is 27.9. The molecule has 2 unspecified atom stereocenters. The van der Waals surface area contributed by atoms with Gasteiger partial charge in [-0.25, -0.2) is 0 Å². The van der Waals surface area contributed by atoms with Crippen LogP contribution >= 0.6 is 0 Å². The Bertz CT molecular complexity index is 272. The third-order valence-corrected chi connectivity index (χ3v) is 5.02. The second kappa shape index (κ2) is 6.58. The van der Waals surface area contributed by atoms with E-state index < -0.39 is 0 Å². The fourth-order valence-corrected chi connectivity index (χ4v) is 3.80. The van der Waals surface area contributed by atoms with E-state index >= 15 is 0 Å². The van der Waals surface area contributed by atoms with Crippen molar-refractivity contribution in [2.75, 3.05) is 19.6 Å². The molecule has 1 saturated carbocycles. The minimum atomic E-state index is 0.467. The van der Waals surface area contributed by atoms with Crippen LogP contribution in [-0.2, 0) is 0 Å². The van der Waals surface area contributed by atoms with E-state index in [1.54, 1.807) is 0 Å². The lowest BCUT2D eigenvalue weighted by Gasteiger charge is -2.38. The molecule has 2 atom stereocenters. The van der Waals surface area contributed by atoms with Gasteiger partial charge in [0.15, 0.2) is 0 Å². The van der Waals surface area contributed by atoms with Crippen LogP contribution in [0.1, 0.15) is 66.2 Å². The SMILES string of the molecule is CCCC(C)(CNC1CC1)CN1CCCC1C(C)C. The highest BCUT2D eigenvalue weighted by Crippen LogP contribution is 2.31. The molecule has 2 nitrogen and oxygen atoms in total. The highest BCUT2D eigenvalue weighted by molar-refractivity contribution is 4.90. The van der Waals surface area contributed by atoms with Crippen LogP contribution in [0, 0.1) is 11.3 Å². The van der Waals surface area contributed by atoms with E-state index in [4.69, 9.17) is 0 Å². The predicted octanol–water partition coefficient (Wildman–Crippen LogP) is 3.67. The van der Waals surface area contributed by atoms with Gasteiger partial charge in [-0.1, -0.05) is 34.1 Å². The quantitative estimate of drug-likeness (QED) is 0.721. The van der Waals surface area contributed by atoms with Gasteiger partial charge in [0.1, 0.15) is 0 Å². The van der Waals surface area contributed by atoms with E-state index in [0.717, 1.165) is 18.0 Å². The topological polar surface area (TPSA) is 15.3 Å². The lowest BCUT2D eigenvalue weighted by Crippen LogP contribution is -2.45. The first-order chi connectivity index (χ1) is 9.04. The zero-order valence-electron chi connectivity index (χ0n) is 13.5. The van der Waals surface area contributed by atoms with Crippen LogP contribution in [0.3, 0.4) is 0 Å². The molecule has 0 aromatic rings. The average molecular weight is 266 g/mol. The Balaban J connectivity index is 1.89. The molecule has 19 heavy (non-hydrogen) atoms. The molecule has 1 saturated heterocycles. The number of hydrogen-bond acceptors (Lipinski definition) is 2. The molecule has 0 amide bonds. The summed E-state index contributed by atoms with van der Waals surface area (Å²) in [6.45, 7) is 13.5. The smallest absolute Gasteiger partial charge is 0.0119 e. The van der Waals surface area contributed by atoms with E-state index in [1.165, 1.54) is 58.2 Å². The summed E-state index contributed by atoms with van der Waals surface area (Å²) in [5.41, 5.74) is 0.467. The van der Waals surface area contributed by atoms with Crippen molar-refractivity contribution in [2.45, 2.75) is 78.3 Å². The molecule has 0 spiro atoms. The van der Waals surface area contributed by atoms with Gasteiger partial charge in [-0.3, -0.25) is 4.90 Å². The molecule has 1 heterocycles. The first kappa shape index (κ1) is 15.3. The fourth-order valence-electron chi connectivity index (χ4n) is 3.80. The van der Waals surface area contributed by atoms with E-state index in [-0.39, 0.29) is 0 Å². The van der Waals surface area contributed by atoms with Gasteiger partial charge in [0.05, 0.1) is 0 Å². The summed E-state index contributed by atoms with van der Waals surface area (Å²) >= 11 is 0. The number of rotatable bonds is 8. The standard InChI is InChI=1S/C17H34N2/c1-5-10-17(4,12-18-15-8-9-15)13-19-11-6-7-16(19)14(2)3/h14-16,18H,5-13H2,1-4H3. The number of hydrogen-bond donors (Lipinski definition) is 1. The highest BCUT2D eigenvalue weighted by atomic mass is 15.2. The van der Waals surface area contributed by atoms with Gasteiger partial charge < -0.3 is 5.32 Å². The first-order valence-electron chi connectivity index (χ1n) is 8.51. The zero-order valence-corrected chi connectivity index (χ0v) is 13.5. The van der Waals surface area contributed by atoms with Crippen LogP contribution in [0.2, 0.25) is 0 Å². The minimum Gasteiger partial charge on any atom is -0.313 e. The van der Waals surface area contributed by atoms with Crippen molar-refractivity contribution in [3.05, 3.63) is 0 Å². The maximum atomic E-state index is 3.77. The third-order valence-electron chi connectivity index (χ3n) is 5.02. The van der Waals surface area contributed by atoms with E-state index in [1.807, 2.05) is 0 Å². The van der Waals surface area contributed by atoms with Gasteiger partial charge in [-0.15, -0.1) is 0 Å². The molecule has 0 bridgehead atoms. The van der Waals surface area contributed by atoms with Crippen LogP contribution in [0.25, 0.3) is 0 Å². The fraction of sp³-hybridized carbons (Fsp3) is 1.00. The summed E-state index contributed by atoms with van der Waals surface area (Å²) in [5, 5.41) is 3.77. The van der Waals surface area contributed by atoms with Crippen molar-refractivity contribution < 1.29 is 0 Å². The molecule has 2 heteroatoms. The maximum Gasteiger partial charge on any atom is 0.0119 e. The van der Waals surface area contributed by atoms with E-state index in [2.05, 4.69) is 37.9 Å². The minimum absolute atomic E-state index is 0.467. The Labute approximate surface area is 120 Å². The zero-order chi connectivity index (χ0) is 13.9. The van der Waals surface area contributed by atoms with E-state index in [9.17, 15) is 0 Å². The monoisotopic (exact) mass is 266 g/mol. The predicted molar refractivity (Wildman–Crippen MR) is 83.5 cm³/mol. The lowest BCUT2D eigenvalue weighted by molar-refractivity contribution is 0.118. The van der Waals surface area contributed by atoms with Gasteiger partial charge in [0.25, 0.3) is 0 Å². The van der Waals surface area contributed by atoms with Crippen molar-refractivity contribution in [3.63, 3.8) is 0 Å². The molecule has 2 rings (SSSR count). The molecular formula is C17H34N2. The van der Waals surface area contributed by atoms with Crippen molar-refractivity contribution in [3.8, 4) is 0 Å². The van der Waals surface area contributed by atoms with Gasteiger partial charge in [0, 0.05) is 25.2 Å². The molecule has 112 valence electrons. The van der Waals surface area contributed by atoms with Crippen molar-refractivity contribution >= 4 is 0 Å². The number of likely N-dealkylation sites (tertiary alicyclic amines) is 1. The Morgan fingerprint density at radius 2 is 2.00 bits per heavy atom. The maximum absolute atomic E-state index is 3.77. The average Bonchev–Trinajstić information content (AvgIpc) is 3.06. The second-order valence-electron chi connectivity index (χ2n) is 7.64. The van der Waals surface area contributed by atoms with Gasteiger partial charge >= 0.3 is 0 Å². The molecule has 2 aliphatic rings. The molecule has 0 aromatic heterocycles. The second-order valence-corrected chi connectivity index (χ2v) is 7.64. The molecule has 0 aromatic carbocycles. The summed E-state index contributed by atoms with van der Waals surface area (Å²) in [4.78, 5) is 2.79. The molecule has 2 fully saturated rings. The summed E-state index contributed by atoms with van der Waals surface area (Å²) in [5.74, 6) is 0.810. The first-order valence-corrected chi connectivity index (χ1v) is 8.51. The van der Waals surface area contributed by atoms with Gasteiger partial charge in [0.2, 0.25) is 0 Å². The molecule has 1 aliphatic carbocycles. The highest BCUT2D eigenvalue weighted by Gasteiger charge is 2.34. The molecule has 1 N–H and O–H groups in total.